The molecule has 1 rings (SSSR count). The van der Waals surface area contributed by atoms with Crippen molar-refractivity contribution in [3.05, 3.63) is 35.9 Å². The van der Waals surface area contributed by atoms with Gasteiger partial charge < -0.3 is 10.6 Å². The standard InChI is InChI=1S/C15H24N2O/c1-3-7-14(17-15(18)12-16-2)11-10-13-8-5-4-6-9-13/h4-6,8-9,14,16H,3,7,10-12H2,1-2H3,(H,17,18). The topological polar surface area (TPSA) is 41.1 Å². The summed E-state index contributed by atoms with van der Waals surface area (Å²) >= 11 is 0. The van der Waals surface area contributed by atoms with Crippen molar-refractivity contribution >= 4 is 5.91 Å². The number of likely N-dealkylation sites (N-methyl/N-ethyl adjacent to an activating group) is 1. The molecule has 2 N–H and O–H groups in total. The largest absolute Gasteiger partial charge is 0.352 e. The van der Waals surface area contributed by atoms with Crippen molar-refractivity contribution in [3.63, 3.8) is 0 Å². The van der Waals surface area contributed by atoms with E-state index in [1.54, 1.807) is 7.05 Å². The molecule has 0 aliphatic rings. The Labute approximate surface area is 110 Å². The Morgan fingerprint density at radius 2 is 1.94 bits per heavy atom. The van der Waals surface area contributed by atoms with Gasteiger partial charge in [0.15, 0.2) is 0 Å². The van der Waals surface area contributed by atoms with E-state index in [1.807, 2.05) is 6.07 Å². The first-order valence-corrected chi connectivity index (χ1v) is 6.74. The molecule has 0 saturated carbocycles. The minimum atomic E-state index is 0.0870. The molecule has 0 radical (unpaired) electrons. The first-order valence-electron chi connectivity index (χ1n) is 6.74. The number of nitrogens with one attached hydrogen (secondary N) is 2. The van der Waals surface area contributed by atoms with Gasteiger partial charge in [0.1, 0.15) is 0 Å². The molecule has 3 heteroatoms. The van der Waals surface area contributed by atoms with Crippen LogP contribution in [-0.2, 0) is 11.2 Å². The lowest BCUT2D eigenvalue weighted by atomic mass is 10.0. The molecule has 1 aromatic rings. The summed E-state index contributed by atoms with van der Waals surface area (Å²) in [5.74, 6) is 0.0870. The first kappa shape index (κ1) is 14.7. The van der Waals surface area contributed by atoms with Gasteiger partial charge >= 0.3 is 0 Å². The Morgan fingerprint density at radius 3 is 2.56 bits per heavy atom. The van der Waals surface area contributed by atoms with Crippen LogP contribution < -0.4 is 10.6 Å². The van der Waals surface area contributed by atoms with Crippen molar-refractivity contribution in [2.45, 2.75) is 38.6 Å². The van der Waals surface area contributed by atoms with Crippen molar-refractivity contribution < 1.29 is 4.79 Å². The maximum Gasteiger partial charge on any atom is 0.234 e. The molecular formula is C15H24N2O. The quantitative estimate of drug-likeness (QED) is 0.740. The van der Waals surface area contributed by atoms with Crippen molar-refractivity contribution in [1.82, 2.24) is 10.6 Å². The second-order valence-corrected chi connectivity index (χ2v) is 4.61. The third kappa shape index (κ3) is 5.82. The normalized spacial score (nSPS) is 12.1. The van der Waals surface area contributed by atoms with Gasteiger partial charge in [-0.15, -0.1) is 0 Å². The van der Waals surface area contributed by atoms with Crippen LogP contribution in [-0.4, -0.2) is 25.5 Å². The van der Waals surface area contributed by atoms with Crippen LogP contribution in [0.2, 0.25) is 0 Å². The predicted molar refractivity (Wildman–Crippen MR) is 75.5 cm³/mol. The Morgan fingerprint density at radius 1 is 1.22 bits per heavy atom. The van der Waals surface area contributed by atoms with Crippen LogP contribution in [0.15, 0.2) is 30.3 Å². The van der Waals surface area contributed by atoms with Gasteiger partial charge in [-0.1, -0.05) is 43.7 Å². The van der Waals surface area contributed by atoms with Crippen molar-refractivity contribution in [2.24, 2.45) is 0 Å². The monoisotopic (exact) mass is 248 g/mol. The summed E-state index contributed by atoms with van der Waals surface area (Å²) in [6, 6.07) is 10.7. The average Bonchev–Trinajstić information content (AvgIpc) is 2.38. The van der Waals surface area contributed by atoms with E-state index in [4.69, 9.17) is 0 Å². The smallest absolute Gasteiger partial charge is 0.234 e. The number of carbonyl (C=O) groups excluding carboxylic acids is 1. The number of hydrogen-bond donors (Lipinski definition) is 2. The van der Waals surface area contributed by atoms with Crippen LogP contribution in [0.5, 0.6) is 0 Å². The summed E-state index contributed by atoms with van der Waals surface area (Å²) in [4.78, 5) is 11.6. The molecule has 1 unspecified atom stereocenters. The molecule has 0 fully saturated rings. The number of carbonyl (C=O) groups is 1. The van der Waals surface area contributed by atoms with E-state index in [-0.39, 0.29) is 11.9 Å². The number of hydrogen-bond acceptors (Lipinski definition) is 2. The van der Waals surface area contributed by atoms with Crippen molar-refractivity contribution in [3.8, 4) is 0 Å². The zero-order valence-corrected chi connectivity index (χ0v) is 11.4. The summed E-state index contributed by atoms with van der Waals surface area (Å²) in [6.07, 6.45) is 4.17. The fraction of sp³-hybridized carbons (Fsp3) is 0.533. The fourth-order valence-corrected chi connectivity index (χ4v) is 2.06. The Bertz CT molecular complexity index is 338. The molecule has 0 aliphatic heterocycles. The van der Waals surface area contributed by atoms with E-state index in [2.05, 4.69) is 41.8 Å². The zero-order chi connectivity index (χ0) is 13.2. The van der Waals surface area contributed by atoms with Crippen LogP contribution in [0.1, 0.15) is 31.7 Å². The van der Waals surface area contributed by atoms with Gasteiger partial charge in [-0.2, -0.15) is 0 Å². The molecule has 100 valence electrons. The summed E-state index contributed by atoms with van der Waals surface area (Å²) in [5.41, 5.74) is 1.33. The highest BCUT2D eigenvalue weighted by Crippen LogP contribution is 2.08. The van der Waals surface area contributed by atoms with Crippen molar-refractivity contribution in [1.29, 1.82) is 0 Å². The summed E-state index contributed by atoms with van der Waals surface area (Å²) in [7, 11) is 1.79. The molecule has 0 saturated heterocycles. The van der Waals surface area contributed by atoms with E-state index in [0.717, 1.165) is 25.7 Å². The van der Waals surface area contributed by atoms with Crippen molar-refractivity contribution in [2.75, 3.05) is 13.6 Å². The van der Waals surface area contributed by atoms with Gasteiger partial charge in [0.05, 0.1) is 6.54 Å². The second-order valence-electron chi connectivity index (χ2n) is 4.61. The van der Waals surface area contributed by atoms with Gasteiger partial charge in [-0.05, 0) is 31.9 Å². The molecule has 0 heterocycles. The van der Waals surface area contributed by atoms with Crippen LogP contribution in [0.3, 0.4) is 0 Å². The predicted octanol–water partition coefficient (Wildman–Crippen LogP) is 2.12. The third-order valence-corrected chi connectivity index (χ3v) is 2.96. The molecule has 1 amide bonds. The number of rotatable bonds is 8. The molecule has 18 heavy (non-hydrogen) atoms. The van der Waals surface area contributed by atoms with E-state index < -0.39 is 0 Å². The maximum absolute atomic E-state index is 11.6. The number of aryl methyl sites for hydroxylation is 1. The van der Waals surface area contributed by atoms with E-state index in [1.165, 1.54) is 5.56 Å². The Hall–Kier alpha value is -1.35. The number of amides is 1. The summed E-state index contributed by atoms with van der Waals surface area (Å²) in [5, 5.41) is 5.96. The molecule has 0 bridgehead atoms. The maximum atomic E-state index is 11.6. The lowest BCUT2D eigenvalue weighted by Crippen LogP contribution is -2.39. The minimum absolute atomic E-state index is 0.0870. The molecular weight excluding hydrogens is 224 g/mol. The van der Waals surface area contributed by atoms with E-state index >= 15 is 0 Å². The van der Waals surface area contributed by atoms with Crippen LogP contribution in [0.4, 0.5) is 0 Å². The highest BCUT2D eigenvalue weighted by Gasteiger charge is 2.10. The van der Waals surface area contributed by atoms with Crippen LogP contribution in [0.25, 0.3) is 0 Å². The molecule has 3 nitrogen and oxygen atoms in total. The van der Waals surface area contributed by atoms with Gasteiger partial charge in [-0.3, -0.25) is 4.79 Å². The van der Waals surface area contributed by atoms with Crippen LogP contribution >= 0.6 is 0 Å². The van der Waals surface area contributed by atoms with Gasteiger partial charge in [0.2, 0.25) is 5.91 Å². The lowest BCUT2D eigenvalue weighted by molar-refractivity contribution is -0.120. The first-order chi connectivity index (χ1) is 8.76. The highest BCUT2D eigenvalue weighted by molar-refractivity contribution is 5.78. The van der Waals surface area contributed by atoms with Gasteiger partial charge in [0.25, 0.3) is 0 Å². The number of benzene rings is 1. The molecule has 0 spiro atoms. The molecule has 0 aromatic heterocycles. The summed E-state index contributed by atoms with van der Waals surface area (Å²) in [6.45, 7) is 2.55. The Kier molecular flexibility index (Phi) is 7.11. The lowest BCUT2D eigenvalue weighted by Gasteiger charge is -2.18. The van der Waals surface area contributed by atoms with E-state index in [9.17, 15) is 4.79 Å². The van der Waals surface area contributed by atoms with E-state index in [0.29, 0.717) is 6.54 Å². The van der Waals surface area contributed by atoms with Gasteiger partial charge in [-0.25, -0.2) is 0 Å². The third-order valence-electron chi connectivity index (χ3n) is 2.96. The Balaban J connectivity index is 2.40. The molecule has 0 aliphatic carbocycles. The second kappa shape index (κ2) is 8.70. The minimum Gasteiger partial charge on any atom is -0.352 e. The highest BCUT2D eigenvalue weighted by atomic mass is 16.1. The average molecular weight is 248 g/mol. The molecule has 1 atom stereocenters. The fourth-order valence-electron chi connectivity index (χ4n) is 2.06. The SMILES string of the molecule is CCCC(CCc1ccccc1)NC(=O)CNC. The summed E-state index contributed by atoms with van der Waals surface area (Å²) < 4.78 is 0. The van der Waals surface area contributed by atoms with Crippen LogP contribution in [0, 0.1) is 0 Å². The van der Waals surface area contributed by atoms with Gasteiger partial charge in [0, 0.05) is 6.04 Å². The zero-order valence-electron chi connectivity index (χ0n) is 11.4. The molecule has 1 aromatic carbocycles.